The summed E-state index contributed by atoms with van der Waals surface area (Å²) in [5.74, 6) is 2.17. The molecule has 0 radical (unpaired) electrons. The first-order chi connectivity index (χ1) is 11.7. The van der Waals surface area contributed by atoms with E-state index in [1.807, 2.05) is 6.92 Å². The molecule has 3 N–H and O–H groups in total. The van der Waals surface area contributed by atoms with Gasteiger partial charge in [-0.25, -0.2) is 0 Å². The maximum Gasteiger partial charge on any atom is 0.251 e. The number of ether oxygens (including phenoxy) is 1. The number of rotatable bonds is 8. The molecule has 1 saturated carbocycles. The molecule has 3 rings (SSSR count). The average Bonchev–Trinajstić information content (AvgIpc) is 3.36. The minimum absolute atomic E-state index is 0. The second-order valence-corrected chi connectivity index (χ2v) is 5.92. The third kappa shape index (κ3) is 5.17. The summed E-state index contributed by atoms with van der Waals surface area (Å²) < 4.78 is 10.6. The predicted octanol–water partition coefficient (Wildman–Crippen LogP) is 2.10. The van der Waals surface area contributed by atoms with Crippen LogP contribution >= 0.6 is 12.4 Å². The molecule has 1 unspecified atom stereocenters. The number of nitrogens with one attached hydrogen (secondary N) is 1. The fourth-order valence-electron chi connectivity index (χ4n) is 2.46. The van der Waals surface area contributed by atoms with Crippen LogP contribution in [0.1, 0.15) is 41.8 Å². The van der Waals surface area contributed by atoms with E-state index in [1.54, 1.807) is 24.3 Å². The fourth-order valence-corrected chi connectivity index (χ4v) is 2.46. The van der Waals surface area contributed by atoms with Gasteiger partial charge in [-0.15, -0.1) is 12.4 Å². The number of aromatic nitrogens is 2. The molecule has 1 fully saturated rings. The Kier molecular flexibility index (Phi) is 6.78. The van der Waals surface area contributed by atoms with E-state index in [0.717, 1.165) is 12.8 Å². The van der Waals surface area contributed by atoms with Crippen LogP contribution in [-0.2, 0) is 13.0 Å². The molecule has 2 aromatic rings. The highest BCUT2D eigenvalue weighted by Crippen LogP contribution is 2.32. The standard InChI is InChI=1S/C17H22N4O3.ClH/c1-2-16-20-15(21-24-16)10-23-13-7-5-12(6-8-13)17(22)19-14(9-18)11-3-4-11;/h5-8,11,14H,2-4,9-10,18H2,1H3,(H,19,22);1H. The maximum absolute atomic E-state index is 12.2. The van der Waals surface area contributed by atoms with Gasteiger partial charge >= 0.3 is 0 Å². The van der Waals surface area contributed by atoms with Crippen LogP contribution in [0.15, 0.2) is 28.8 Å². The second kappa shape index (κ2) is 8.82. The first-order valence-electron chi connectivity index (χ1n) is 8.25. The number of carbonyl (C=O) groups excluding carboxylic acids is 1. The summed E-state index contributed by atoms with van der Waals surface area (Å²) in [6.45, 7) is 2.65. The second-order valence-electron chi connectivity index (χ2n) is 5.92. The third-order valence-corrected chi connectivity index (χ3v) is 4.06. The minimum atomic E-state index is -0.102. The lowest BCUT2D eigenvalue weighted by Crippen LogP contribution is -2.41. The highest BCUT2D eigenvalue weighted by atomic mass is 35.5. The van der Waals surface area contributed by atoms with Crippen molar-refractivity contribution in [2.24, 2.45) is 11.7 Å². The van der Waals surface area contributed by atoms with Crippen molar-refractivity contribution in [3.05, 3.63) is 41.5 Å². The van der Waals surface area contributed by atoms with Crippen LogP contribution in [0, 0.1) is 5.92 Å². The quantitative estimate of drug-likeness (QED) is 0.741. The molecule has 0 saturated heterocycles. The monoisotopic (exact) mass is 366 g/mol. The number of aryl methyl sites for hydroxylation is 1. The van der Waals surface area contributed by atoms with Gasteiger partial charge in [-0.3, -0.25) is 4.79 Å². The van der Waals surface area contributed by atoms with E-state index in [-0.39, 0.29) is 31.0 Å². The van der Waals surface area contributed by atoms with Gasteiger partial charge in [0.25, 0.3) is 5.91 Å². The molecule has 0 aliphatic heterocycles. The summed E-state index contributed by atoms with van der Waals surface area (Å²) in [7, 11) is 0. The zero-order chi connectivity index (χ0) is 16.9. The van der Waals surface area contributed by atoms with E-state index in [1.165, 1.54) is 0 Å². The first-order valence-corrected chi connectivity index (χ1v) is 8.25. The highest BCUT2D eigenvalue weighted by molar-refractivity contribution is 5.94. The lowest BCUT2D eigenvalue weighted by molar-refractivity contribution is 0.0933. The van der Waals surface area contributed by atoms with Gasteiger partial charge in [0.2, 0.25) is 11.7 Å². The Balaban J connectivity index is 0.00000225. The van der Waals surface area contributed by atoms with Crippen molar-refractivity contribution in [1.82, 2.24) is 15.5 Å². The average molecular weight is 367 g/mol. The summed E-state index contributed by atoms with van der Waals surface area (Å²) in [4.78, 5) is 16.4. The molecule has 1 amide bonds. The van der Waals surface area contributed by atoms with Gasteiger partial charge in [0, 0.05) is 24.6 Å². The molecule has 0 bridgehead atoms. The van der Waals surface area contributed by atoms with Crippen LogP contribution in [0.3, 0.4) is 0 Å². The predicted molar refractivity (Wildman–Crippen MR) is 94.7 cm³/mol. The Labute approximate surface area is 152 Å². The number of nitrogens with zero attached hydrogens (tertiary/aromatic N) is 2. The normalized spacial score (nSPS) is 14.5. The van der Waals surface area contributed by atoms with Gasteiger partial charge in [0.15, 0.2) is 6.61 Å². The van der Waals surface area contributed by atoms with Crippen molar-refractivity contribution in [2.75, 3.05) is 6.54 Å². The van der Waals surface area contributed by atoms with Gasteiger partial charge in [-0.2, -0.15) is 4.98 Å². The zero-order valence-electron chi connectivity index (χ0n) is 14.1. The van der Waals surface area contributed by atoms with Crippen molar-refractivity contribution in [2.45, 2.75) is 38.8 Å². The SMILES string of the molecule is CCc1nc(COc2ccc(C(=O)NC(CN)C3CC3)cc2)no1.Cl. The number of amides is 1. The molecule has 8 heteroatoms. The van der Waals surface area contributed by atoms with Gasteiger partial charge < -0.3 is 20.3 Å². The van der Waals surface area contributed by atoms with E-state index >= 15 is 0 Å². The molecular weight excluding hydrogens is 344 g/mol. The lowest BCUT2D eigenvalue weighted by Gasteiger charge is -2.16. The molecular formula is C17H23ClN4O3. The van der Waals surface area contributed by atoms with E-state index in [9.17, 15) is 4.79 Å². The van der Waals surface area contributed by atoms with Crippen LogP contribution in [0.5, 0.6) is 5.75 Å². The largest absolute Gasteiger partial charge is 0.485 e. The van der Waals surface area contributed by atoms with E-state index < -0.39 is 0 Å². The molecule has 1 aromatic carbocycles. The first kappa shape index (κ1) is 19.2. The van der Waals surface area contributed by atoms with Gasteiger partial charge in [0.1, 0.15) is 5.75 Å². The Morgan fingerprint density at radius 2 is 2.12 bits per heavy atom. The van der Waals surface area contributed by atoms with Gasteiger partial charge in [0.05, 0.1) is 0 Å². The van der Waals surface area contributed by atoms with Crippen LogP contribution in [0.4, 0.5) is 0 Å². The molecule has 1 aliphatic rings. The summed E-state index contributed by atoms with van der Waals surface area (Å²) in [6, 6.07) is 7.05. The van der Waals surface area contributed by atoms with Crippen LogP contribution < -0.4 is 15.8 Å². The van der Waals surface area contributed by atoms with Crippen molar-refractivity contribution < 1.29 is 14.1 Å². The smallest absolute Gasteiger partial charge is 0.251 e. The molecule has 1 aliphatic carbocycles. The molecule has 7 nitrogen and oxygen atoms in total. The van der Waals surface area contributed by atoms with Crippen molar-refractivity contribution >= 4 is 18.3 Å². The summed E-state index contributed by atoms with van der Waals surface area (Å²) in [6.07, 6.45) is 2.98. The molecule has 136 valence electrons. The third-order valence-electron chi connectivity index (χ3n) is 4.06. The summed E-state index contributed by atoms with van der Waals surface area (Å²) in [5, 5.41) is 6.82. The number of carbonyl (C=O) groups is 1. The summed E-state index contributed by atoms with van der Waals surface area (Å²) in [5.41, 5.74) is 6.31. The maximum atomic E-state index is 12.2. The van der Waals surface area contributed by atoms with Crippen molar-refractivity contribution in [3.63, 3.8) is 0 Å². The number of benzene rings is 1. The van der Waals surface area contributed by atoms with Crippen LogP contribution in [-0.4, -0.2) is 28.6 Å². The molecule has 1 atom stereocenters. The number of hydrogen-bond donors (Lipinski definition) is 2. The molecule has 1 heterocycles. The Bertz CT molecular complexity index is 685. The zero-order valence-corrected chi connectivity index (χ0v) is 14.9. The van der Waals surface area contributed by atoms with E-state index in [4.69, 9.17) is 15.0 Å². The minimum Gasteiger partial charge on any atom is -0.485 e. The fraction of sp³-hybridized carbons (Fsp3) is 0.471. The van der Waals surface area contributed by atoms with Crippen LogP contribution in [0.25, 0.3) is 0 Å². The molecule has 25 heavy (non-hydrogen) atoms. The number of hydrogen-bond acceptors (Lipinski definition) is 6. The number of halogens is 1. The number of nitrogens with two attached hydrogens (primary N) is 1. The Morgan fingerprint density at radius 1 is 1.40 bits per heavy atom. The van der Waals surface area contributed by atoms with Crippen molar-refractivity contribution in [1.29, 1.82) is 0 Å². The molecule has 1 aromatic heterocycles. The van der Waals surface area contributed by atoms with Crippen molar-refractivity contribution in [3.8, 4) is 5.75 Å². The van der Waals surface area contributed by atoms with E-state index in [0.29, 0.717) is 41.9 Å². The highest BCUT2D eigenvalue weighted by Gasteiger charge is 2.31. The van der Waals surface area contributed by atoms with Crippen LogP contribution in [0.2, 0.25) is 0 Å². The molecule has 0 spiro atoms. The van der Waals surface area contributed by atoms with E-state index in [2.05, 4.69) is 15.5 Å². The lowest BCUT2D eigenvalue weighted by atomic mass is 10.1. The Morgan fingerprint density at radius 3 is 2.68 bits per heavy atom. The summed E-state index contributed by atoms with van der Waals surface area (Å²) >= 11 is 0. The van der Waals surface area contributed by atoms with Gasteiger partial charge in [-0.05, 0) is 43.0 Å². The Hall–Kier alpha value is -2.12. The topological polar surface area (TPSA) is 103 Å². The van der Waals surface area contributed by atoms with Gasteiger partial charge in [-0.1, -0.05) is 12.1 Å².